The van der Waals surface area contributed by atoms with Gasteiger partial charge in [-0.2, -0.15) is 0 Å². The Bertz CT molecular complexity index is 4570. The predicted molar refractivity (Wildman–Crippen MR) is 452 cm³/mol. The van der Waals surface area contributed by atoms with Crippen molar-refractivity contribution < 1.29 is 0 Å². The third-order valence-electron chi connectivity index (χ3n) is 21.4. The van der Waals surface area contributed by atoms with Crippen molar-refractivity contribution in [2.45, 2.75) is 209 Å². The van der Waals surface area contributed by atoms with Crippen molar-refractivity contribution in [1.82, 2.24) is 19.9 Å². The summed E-state index contributed by atoms with van der Waals surface area (Å²) in [5.74, 6) is 0. The molecule has 0 spiro atoms. The summed E-state index contributed by atoms with van der Waals surface area (Å²) in [5.41, 5.74) is 35.6. The van der Waals surface area contributed by atoms with E-state index >= 15 is 0 Å². The summed E-state index contributed by atoms with van der Waals surface area (Å²) in [4.78, 5) is 19.8. The van der Waals surface area contributed by atoms with Crippen LogP contribution in [0.3, 0.4) is 0 Å². The summed E-state index contributed by atoms with van der Waals surface area (Å²) in [7, 11) is 0. The van der Waals surface area contributed by atoms with E-state index in [4.69, 9.17) is 9.97 Å². The molecule has 8 bridgehead atoms. The minimum Gasteiger partial charge on any atom is -0.354 e. The number of H-pyrrole nitrogens is 2. The molecule has 2 aliphatic rings. The molecule has 0 atom stereocenters. The van der Waals surface area contributed by atoms with Crippen LogP contribution in [0, 0.1) is 0 Å². The Morgan fingerprint density at radius 3 is 0.462 bits per heavy atom. The SMILES string of the molecule is CC(C)(C)c1cc(-c2ccc(-c3c4nc(c(-c5ccc(-c6cc(C(C)(C)C)cc(C(C)(C)C)c6)cc5)c5ccc([nH]5)c(-c5ccc(-c6cc(C(C)(C)C)cc(C(C)(C)C)c6)cc5)c5nc(c(-c6ccc(-c7cc(C(C)(C)C)cc(C(C)(C)C)c7)cc6)c6ccc3[nH]6)C=C5)C=C4)cc2)cc(C(C)(C)C)c1. The number of hydrogen-bond donors (Lipinski definition) is 2. The first-order valence-corrected chi connectivity index (χ1v) is 37.8. The lowest BCUT2D eigenvalue weighted by molar-refractivity contribution is 0.568. The summed E-state index contributed by atoms with van der Waals surface area (Å²) in [5, 5.41) is 0. The molecule has 104 heavy (non-hydrogen) atoms. The standard InChI is InChI=1S/C100H110N4/c1-93(2,3)73-49-69(50-74(57-73)94(4,5)6)61-25-33-65(34-26-61)89-81-41-43-83(101-81)90(66-35-27-62(28-36-66)70-51-75(95(7,8)9)58-76(52-70)96(10,11)12)85-45-47-87(103-85)92(68-39-31-64(32-40-68)72-55-79(99(19,20)21)60-80(56-72)100(22,23)24)88-48-46-86(104-88)91(84-44-42-82(89)102-84)67-37-29-63(30-38-67)71-53-77(97(13,14)15)59-78(54-71)98(16,17)18/h25-60,101,104H,1-24H3. The summed E-state index contributed by atoms with van der Waals surface area (Å²) < 4.78 is 0. The molecule has 0 amide bonds. The highest BCUT2D eigenvalue weighted by Gasteiger charge is 2.28. The van der Waals surface area contributed by atoms with Crippen LogP contribution in [0.1, 0.15) is 233 Å². The van der Waals surface area contributed by atoms with Gasteiger partial charge in [0.2, 0.25) is 0 Å². The number of rotatable bonds is 8. The minimum absolute atomic E-state index is 0.0224. The van der Waals surface area contributed by atoms with Crippen LogP contribution in [0.15, 0.2) is 194 Å². The number of nitrogens with one attached hydrogen (secondary N) is 2. The fraction of sp³-hybridized carbons (Fsp3) is 0.320. The van der Waals surface area contributed by atoms with Crippen molar-refractivity contribution in [1.29, 1.82) is 0 Å². The predicted octanol–water partition coefficient (Wildman–Crippen LogP) is 28.4. The average Bonchev–Trinajstić information content (AvgIpc) is 1.63. The molecule has 5 heterocycles. The van der Waals surface area contributed by atoms with Gasteiger partial charge in [0.1, 0.15) is 0 Å². The maximum absolute atomic E-state index is 5.83. The zero-order valence-corrected chi connectivity index (χ0v) is 66.7. The molecule has 4 heteroatoms. The Balaban J connectivity index is 1.08. The molecule has 0 radical (unpaired) electrons. The number of aromatic nitrogens is 4. The lowest BCUT2D eigenvalue weighted by atomic mass is 9.79. The normalized spacial score (nSPS) is 13.3. The lowest BCUT2D eigenvalue weighted by Crippen LogP contribution is -2.16. The Hall–Kier alpha value is -9.64. The van der Waals surface area contributed by atoms with Crippen LogP contribution in [-0.2, 0) is 43.3 Å². The molecule has 0 fully saturated rings. The number of hydrogen-bond acceptors (Lipinski definition) is 2. The Labute approximate surface area is 622 Å². The largest absolute Gasteiger partial charge is 0.354 e. The smallest absolute Gasteiger partial charge is 0.0737 e. The Morgan fingerprint density at radius 1 is 0.173 bits per heavy atom. The maximum Gasteiger partial charge on any atom is 0.0737 e. The van der Waals surface area contributed by atoms with Gasteiger partial charge in [0.05, 0.1) is 22.8 Å². The molecule has 530 valence electrons. The highest BCUT2D eigenvalue weighted by molar-refractivity contribution is 6.00. The molecule has 3 aromatic heterocycles. The van der Waals surface area contributed by atoms with Gasteiger partial charge >= 0.3 is 0 Å². The molecule has 0 unspecified atom stereocenters. The third kappa shape index (κ3) is 15.0. The molecule has 0 saturated carbocycles. The zero-order valence-electron chi connectivity index (χ0n) is 66.7. The summed E-state index contributed by atoms with van der Waals surface area (Å²) in [6.07, 6.45) is 8.88. The molecule has 2 aliphatic heterocycles. The fourth-order valence-electron chi connectivity index (χ4n) is 14.4. The van der Waals surface area contributed by atoms with Gasteiger partial charge in [0.15, 0.2) is 0 Å². The van der Waals surface area contributed by atoms with E-state index < -0.39 is 0 Å². The van der Waals surface area contributed by atoms with Crippen molar-refractivity contribution in [3.8, 4) is 89.0 Å². The summed E-state index contributed by atoms with van der Waals surface area (Å²) in [6, 6.07) is 74.5. The highest BCUT2D eigenvalue weighted by Crippen LogP contribution is 2.45. The van der Waals surface area contributed by atoms with Crippen LogP contribution in [0.25, 0.3) is 135 Å². The van der Waals surface area contributed by atoms with Gasteiger partial charge < -0.3 is 9.97 Å². The van der Waals surface area contributed by atoms with Gasteiger partial charge in [-0.15, -0.1) is 0 Å². The van der Waals surface area contributed by atoms with Crippen molar-refractivity contribution in [3.05, 3.63) is 261 Å². The van der Waals surface area contributed by atoms with E-state index in [0.29, 0.717) is 0 Å². The second-order valence-corrected chi connectivity index (χ2v) is 38.0. The van der Waals surface area contributed by atoms with E-state index in [2.05, 4.69) is 395 Å². The fourth-order valence-corrected chi connectivity index (χ4v) is 14.4. The first kappa shape index (κ1) is 72.7. The monoisotopic (exact) mass is 1370 g/mol. The lowest BCUT2D eigenvalue weighted by Gasteiger charge is -2.26. The molecule has 13 rings (SSSR count). The molecule has 4 nitrogen and oxygen atoms in total. The van der Waals surface area contributed by atoms with E-state index in [-0.39, 0.29) is 43.3 Å². The molecule has 11 aromatic rings. The van der Waals surface area contributed by atoms with Gasteiger partial charge in [0, 0.05) is 44.3 Å². The summed E-state index contributed by atoms with van der Waals surface area (Å²) >= 11 is 0. The van der Waals surface area contributed by atoms with Crippen LogP contribution in [0.5, 0.6) is 0 Å². The van der Waals surface area contributed by atoms with E-state index in [1.807, 2.05) is 0 Å². The van der Waals surface area contributed by atoms with Gasteiger partial charge in [-0.05, 0) is 203 Å². The second-order valence-electron chi connectivity index (χ2n) is 38.0. The molecule has 2 N–H and O–H groups in total. The van der Waals surface area contributed by atoms with Gasteiger partial charge in [-0.25, -0.2) is 9.97 Å². The number of benzene rings is 8. The average molecular weight is 1370 g/mol. The zero-order chi connectivity index (χ0) is 74.8. The third-order valence-corrected chi connectivity index (χ3v) is 21.4. The Kier molecular flexibility index (Phi) is 18.3. The van der Waals surface area contributed by atoms with Crippen LogP contribution >= 0.6 is 0 Å². The maximum atomic E-state index is 5.83. The van der Waals surface area contributed by atoms with Gasteiger partial charge in [-0.1, -0.05) is 336 Å². The number of aromatic amines is 2. The van der Waals surface area contributed by atoms with Crippen molar-refractivity contribution in [3.63, 3.8) is 0 Å². The molecule has 8 aromatic carbocycles. The van der Waals surface area contributed by atoms with Crippen LogP contribution in [0.4, 0.5) is 0 Å². The topological polar surface area (TPSA) is 57.4 Å². The van der Waals surface area contributed by atoms with Crippen LogP contribution in [0.2, 0.25) is 0 Å². The second kappa shape index (κ2) is 26.2. The van der Waals surface area contributed by atoms with E-state index in [1.165, 1.54) is 89.0 Å². The van der Waals surface area contributed by atoms with Crippen LogP contribution < -0.4 is 0 Å². The molecule has 0 aliphatic carbocycles. The minimum atomic E-state index is -0.0224. The van der Waals surface area contributed by atoms with Crippen molar-refractivity contribution in [2.75, 3.05) is 0 Å². The van der Waals surface area contributed by atoms with Gasteiger partial charge in [0.25, 0.3) is 0 Å². The molecular weight excluding hydrogens is 1260 g/mol. The van der Waals surface area contributed by atoms with Crippen molar-refractivity contribution in [2.24, 2.45) is 0 Å². The first-order valence-electron chi connectivity index (χ1n) is 37.8. The van der Waals surface area contributed by atoms with E-state index in [0.717, 1.165) is 89.4 Å². The van der Waals surface area contributed by atoms with E-state index in [9.17, 15) is 0 Å². The van der Waals surface area contributed by atoms with E-state index in [1.54, 1.807) is 0 Å². The summed E-state index contributed by atoms with van der Waals surface area (Å²) in [6.45, 7) is 55.5. The number of fused-ring (bicyclic) bond motifs is 8. The molecule has 0 saturated heterocycles. The molecular formula is C100H110N4. The quantitative estimate of drug-likeness (QED) is 0.159. The van der Waals surface area contributed by atoms with Crippen molar-refractivity contribution >= 4 is 46.4 Å². The highest BCUT2D eigenvalue weighted by atomic mass is 14.8. The first-order chi connectivity index (χ1) is 48.5. The van der Waals surface area contributed by atoms with Gasteiger partial charge in [-0.3, -0.25) is 0 Å². The Morgan fingerprint density at radius 2 is 0.317 bits per heavy atom. The number of nitrogens with zero attached hydrogens (tertiary/aromatic N) is 2. The van der Waals surface area contributed by atoms with Crippen LogP contribution in [-0.4, -0.2) is 19.9 Å².